The third-order valence-corrected chi connectivity index (χ3v) is 5.31. The molecule has 0 saturated carbocycles. The number of alkyl halides is 3. The van der Waals surface area contributed by atoms with E-state index in [1.165, 1.54) is 24.3 Å². The van der Waals surface area contributed by atoms with Crippen molar-refractivity contribution >= 4 is 28.7 Å². The van der Waals surface area contributed by atoms with Crippen molar-refractivity contribution in [2.45, 2.75) is 12.0 Å². The Labute approximate surface area is 201 Å². The van der Waals surface area contributed by atoms with Crippen LogP contribution in [0.3, 0.4) is 0 Å². The molecule has 0 atom stereocenters. The smallest absolute Gasteiger partial charge is 0.426 e. The molecular formula is C25H17F3N4O4. The molecule has 4 aromatic rings. The topological polar surface area (TPSA) is 131 Å². The average molecular weight is 494 g/mol. The molecule has 0 aliphatic heterocycles. The minimum Gasteiger partial charge on any atom is -0.426 e. The molecule has 182 valence electrons. The fourth-order valence-corrected chi connectivity index (χ4v) is 3.37. The molecule has 0 aliphatic rings. The van der Waals surface area contributed by atoms with Crippen molar-refractivity contribution in [2.75, 3.05) is 5.32 Å². The first-order valence-electron chi connectivity index (χ1n) is 10.3. The molecule has 0 saturated heterocycles. The first kappa shape index (κ1) is 24.5. The number of imidazole rings is 1. The molecule has 3 aromatic carbocycles. The average Bonchev–Trinajstić information content (AvgIpc) is 3.18. The quantitative estimate of drug-likeness (QED) is 0.187. The van der Waals surface area contributed by atoms with Crippen LogP contribution in [-0.4, -0.2) is 37.2 Å². The highest BCUT2D eigenvalue weighted by Crippen LogP contribution is 2.36. The van der Waals surface area contributed by atoms with Gasteiger partial charge in [0.1, 0.15) is 5.52 Å². The fraction of sp³-hybridized carbons (Fsp3) is 0.0800. The zero-order valence-electron chi connectivity index (χ0n) is 18.2. The maximum absolute atomic E-state index is 12.7. The summed E-state index contributed by atoms with van der Waals surface area (Å²) < 4.78 is 39.0. The molecular weight excluding hydrogens is 477 g/mol. The van der Waals surface area contributed by atoms with E-state index in [2.05, 4.69) is 10.3 Å². The van der Waals surface area contributed by atoms with Gasteiger partial charge >= 0.3 is 6.18 Å². The highest BCUT2D eigenvalue weighted by atomic mass is 19.4. The summed E-state index contributed by atoms with van der Waals surface area (Å²) in [4.78, 5) is 16.6. The van der Waals surface area contributed by atoms with E-state index in [4.69, 9.17) is 5.26 Å². The Kier molecular flexibility index (Phi) is 6.24. The van der Waals surface area contributed by atoms with Crippen LogP contribution in [0.5, 0.6) is 0 Å². The number of amides is 1. The number of carbonyl (C=O) groups is 1. The van der Waals surface area contributed by atoms with E-state index in [1.807, 2.05) is 6.07 Å². The first-order valence-corrected chi connectivity index (χ1v) is 10.3. The molecule has 0 unspecified atom stereocenters. The molecule has 36 heavy (non-hydrogen) atoms. The first-order chi connectivity index (χ1) is 17.0. The lowest BCUT2D eigenvalue weighted by molar-refractivity contribution is -0.358. The summed E-state index contributed by atoms with van der Waals surface area (Å²) in [5, 5.41) is 40.6. The van der Waals surface area contributed by atoms with Gasteiger partial charge in [0.05, 0.1) is 17.1 Å². The highest BCUT2D eigenvalue weighted by Gasteiger charge is 2.54. The molecule has 1 amide bonds. The molecule has 0 fully saturated rings. The van der Waals surface area contributed by atoms with E-state index in [1.54, 1.807) is 36.4 Å². The summed E-state index contributed by atoms with van der Waals surface area (Å²) in [5.41, 5.74) is 1.87. The Morgan fingerprint density at radius 1 is 1.03 bits per heavy atom. The molecule has 0 aliphatic carbocycles. The van der Waals surface area contributed by atoms with E-state index in [9.17, 15) is 33.4 Å². The normalized spacial score (nSPS) is 12.1. The number of fused-ring (bicyclic) bond motifs is 1. The SMILES string of the molecule is N#Cc1ccc2nc(-c3ccc(NC(=O)C=Cc4ccc(C(O)(O)C(F)(F)F)cc4)cc3)n(O)c2c1. The van der Waals surface area contributed by atoms with Gasteiger partial charge in [0.25, 0.3) is 5.79 Å². The Morgan fingerprint density at radius 3 is 2.31 bits per heavy atom. The molecule has 0 spiro atoms. The lowest BCUT2D eigenvalue weighted by Crippen LogP contribution is -2.41. The van der Waals surface area contributed by atoms with Gasteiger partial charge in [-0.1, -0.05) is 24.3 Å². The van der Waals surface area contributed by atoms with Crippen LogP contribution < -0.4 is 5.32 Å². The minimum atomic E-state index is -5.26. The predicted octanol–water partition coefficient (Wildman–Crippen LogP) is 4.16. The van der Waals surface area contributed by atoms with Crippen molar-refractivity contribution in [3.05, 3.63) is 89.5 Å². The van der Waals surface area contributed by atoms with Crippen LogP contribution in [0.15, 0.2) is 72.8 Å². The van der Waals surface area contributed by atoms with Gasteiger partial charge in [0, 0.05) is 22.9 Å². The number of benzene rings is 3. The van der Waals surface area contributed by atoms with Crippen molar-refractivity contribution in [3.8, 4) is 17.5 Å². The van der Waals surface area contributed by atoms with Gasteiger partial charge < -0.3 is 20.7 Å². The molecule has 1 heterocycles. The van der Waals surface area contributed by atoms with Gasteiger partial charge in [0.2, 0.25) is 5.91 Å². The third-order valence-electron chi connectivity index (χ3n) is 5.31. The lowest BCUT2D eigenvalue weighted by Gasteiger charge is -2.24. The summed E-state index contributed by atoms with van der Waals surface area (Å²) in [5.74, 6) is -4.24. The van der Waals surface area contributed by atoms with Crippen molar-refractivity contribution in [1.29, 1.82) is 5.26 Å². The van der Waals surface area contributed by atoms with Gasteiger partial charge in [-0.3, -0.25) is 4.79 Å². The van der Waals surface area contributed by atoms with Crippen molar-refractivity contribution in [2.24, 2.45) is 0 Å². The predicted molar refractivity (Wildman–Crippen MR) is 123 cm³/mol. The number of anilines is 1. The molecule has 4 N–H and O–H groups in total. The Hall–Kier alpha value is -4.66. The monoisotopic (exact) mass is 494 g/mol. The zero-order valence-corrected chi connectivity index (χ0v) is 18.2. The third kappa shape index (κ3) is 4.76. The number of nitrogens with one attached hydrogen (secondary N) is 1. The standard InChI is InChI=1S/C25H17F3N4O4/c26-25(27,28)24(34,35)18-7-1-15(2-8-18)4-12-22(33)30-19-9-5-17(6-10-19)23-31-20-11-3-16(14-29)13-21(20)32(23)36/h1-13,34-36H,(H,30,33). The minimum absolute atomic E-state index is 0.251. The van der Waals surface area contributed by atoms with Crippen molar-refractivity contribution in [3.63, 3.8) is 0 Å². The number of carbonyl (C=O) groups excluding carboxylic acids is 1. The largest absolute Gasteiger partial charge is 0.447 e. The van der Waals surface area contributed by atoms with Crippen LogP contribution in [-0.2, 0) is 10.6 Å². The van der Waals surface area contributed by atoms with E-state index in [0.29, 0.717) is 33.4 Å². The Bertz CT molecular complexity index is 1500. The second-order valence-corrected chi connectivity index (χ2v) is 7.75. The van der Waals surface area contributed by atoms with Gasteiger partial charge in [-0.05, 0) is 54.1 Å². The number of hydrogen-bond donors (Lipinski definition) is 4. The fourth-order valence-electron chi connectivity index (χ4n) is 3.37. The van der Waals surface area contributed by atoms with E-state index in [0.717, 1.165) is 22.9 Å². The summed E-state index contributed by atoms with van der Waals surface area (Å²) >= 11 is 0. The van der Waals surface area contributed by atoms with Crippen molar-refractivity contribution < 1.29 is 33.4 Å². The number of hydrogen-bond acceptors (Lipinski definition) is 6. The summed E-state index contributed by atoms with van der Waals surface area (Å²) in [7, 11) is 0. The lowest BCUT2D eigenvalue weighted by atomic mass is 10.0. The summed E-state index contributed by atoms with van der Waals surface area (Å²) in [6.07, 6.45) is -2.75. The van der Waals surface area contributed by atoms with Crippen LogP contribution in [0.4, 0.5) is 18.9 Å². The number of halogens is 3. The van der Waals surface area contributed by atoms with E-state index < -0.39 is 23.4 Å². The molecule has 8 nitrogen and oxygen atoms in total. The summed E-state index contributed by atoms with van der Waals surface area (Å²) in [6, 6.07) is 17.4. The zero-order chi connectivity index (χ0) is 26.1. The van der Waals surface area contributed by atoms with Crippen molar-refractivity contribution in [1.82, 2.24) is 9.71 Å². The maximum atomic E-state index is 12.7. The summed E-state index contributed by atoms with van der Waals surface area (Å²) in [6.45, 7) is 0. The number of aliphatic hydroxyl groups is 2. The van der Waals surface area contributed by atoms with Crippen LogP contribution in [0.2, 0.25) is 0 Å². The molecule has 0 bridgehead atoms. The molecule has 0 radical (unpaired) electrons. The van der Waals surface area contributed by atoms with E-state index in [-0.39, 0.29) is 5.82 Å². The van der Waals surface area contributed by atoms with Gasteiger partial charge in [-0.2, -0.15) is 23.2 Å². The number of rotatable bonds is 5. The van der Waals surface area contributed by atoms with E-state index >= 15 is 0 Å². The molecule has 4 rings (SSSR count). The van der Waals surface area contributed by atoms with Gasteiger partial charge in [0.15, 0.2) is 5.82 Å². The second-order valence-electron chi connectivity index (χ2n) is 7.75. The van der Waals surface area contributed by atoms with Gasteiger partial charge in [-0.15, -0.1) is 0 Å². The highest BCUT2D eigenvalue weighted by molar-refractivity contribution is 6.02. The van der Waals surface area contributed by atoms with Crippen LogP contribution >= 0.6 is 0 Å². The molecule has 11 heteroatoms. The second kappa shape index (κ2) is 9.18. The van der Waals surface area contributed by atoms with Crippen LogP contribution in [0.1, 0.15) is 16.7 Å². The van der Waals surface area contributed by atoms with Gasteiger partial charge in [-0.25, -0.2) is 4.98 Å². The van der Waals surface area contributed by atoms with Crippen LogP contribution in [0.25, 0.3) is 28.5 Å². The molecule has 1 aromatic heterocycles. The maximum Gasteiger partial charge on any atom is 0.447 e. The van der Waals surface area contributed by atoms with Crippen LogP contribution in [0, 0.1) is 11.3 Å². The number of aromatic nitrogens is 2. The number of nitrogens with zero attached hydrogens (tertiary/aromatic N) is 3. The number of nitriles is 1. The Balaban J connectivity index is 1.43. The Morgan fingerprint density at radius 2 is 1.69 bits per heavy atom.